The van der Waals surface area contributed by atoms with Gasteiger partial charge < -0.3 is 14.4 Å². The molecule has 25 heavy (non-hydrogen) atoms. The van der Waals surface area contributed by atoms with E-state index in [1.807, 2.05) is 0 Å². The number of rotatable bonds is 2. The second-order valence-corrected chi connectivity index (χ2v) is 7.17. The molecule has 132 valence electrons. The van der Waals surface area contributed by atoms with Crippen LogP contribution in [0.3, 0.4) is 0 Å². The van der Waals surface area contributed by atoms with E-state index in [-0.39, 0.29) is 11.7 Å². The van der Waals surface area contributed by atoms with Crippen LogP contribution >= 0.6 is 0 Å². The molecule has 0 fully saturated rings. The molecule has 0 spiro atoms. The first-order valence-electron chi connectivity index (χ1n) is 8.45. The van der Waals surface area contributed by atoms with Gasteiger partial charge in [0.15, 0.2) is 11.5 Å². The van der Waals surface area contributed by atoms with Crippen LogP contribution in [-0.2, 0) is 13.0 Å². The van der Waals surface area contributed by atoms with E-state index in [9.17, 15) is 9.90 Å². The van der Waals surface area contributed by atoms with Crippen molar-refractivity contribution < 1.29 is 14.3 Å². The molecule has 3 rings (SSSR count). The molecular weight excluding hydrogens is 318 g/mol. The quantitative estimate of drug-likeness (QED) is 0.822. The highest BCUT2D eigenvalue weighted by Crippen LogP contribution is 2.26. The summed E-state index contributed by atoms with van der Waals surface area (Å²) in [5.74, 6) is 6.20. The number of hydrogen-bond acceptors (Lipinski definition) is 4. The van der Waals surface area contributed by atoms with Crippen molar-refractivity contribution in [3.05, 3.63) is 40.6 Å². The van der Waals surface area contributed by atoms with Crippen molar-refractivity contribution in [2.75, 3.05) is 6.54 Å². The van der Waals surface area contributed by atoms with Crippen LogP contribution in [0.5, 0.6) is 0 Å². The van der Waals surface area contributed by atoms with Crippen LogP contribution < -0.4 is 0 Å². The van der Waals surface area contributed by atoms with Gasteiger partial charge in [-0.2, -0.15) is 5.10 Å². The molecule has 6 heteroatoms. The molecule has 0 saturated carbocycles. The highest BCUT2D eigenvalue weighted by atomic mass is 16.4. The predicted molar refractivity (Wildman–Crippen MR) is 93.0 cm³/mol. The predicted octanol–water partition coefficient (Wildman–Crippen LogP) is 2.45. The summed E-state index contributed by atoms with van der Waals surface area (Å²) < 4.78 is 5.54. The van der Waals surface area contributed by atoms with Gasteiger partial charge in [0.2, 0.25) is 0 Å². The van der Waals surface area contributed by atoms with Crippen LogP contribution in [-0.4, -0.2) is 38.3 Å². The van der Waals surface area contributed by atoms with E-state index in [1.165, 1.54) is 0 Å². The Bertz CT molecular complexity index is 843. The summed E-state index contributed by atoms with van der Waals surface area (Å²) in [4.78, 5) is 14.5. The summed E-state index contributed by atoms with van der Waals surface area (Å²) in [5.41, 5.74) is 2.14. The average Bonchev–Trinajstić information content (AvgIpc) is 3.17. The fourth-order valence-electron chi connectivity index (χ4n) is 2.86. The van der Waals surface area contributed by atoms with Gasteiger partial charge >= 0.3 is 0 Å². The van der Waals surface area contributed by atoms with Crippen molar-refractivity contribution in [1.29, 1.82) is 0 Å². The molecule has 0 bridgehead atoms. The Labute approximate surface area is 147 Å². The first-order valence-corrected chi connectivity index (χ1v) is 8.45. The van der Waals surface area contributed by atoms with Gasteiger partial charge in [-0.25, -0.2) is 0 Å². The molecule has 0 aromatic carbocycles. The third-order valence-corrected chi connectivity index (χ3v) is 4.11. The third-order valence-electron chi connectivity index (χ3n) is 4.11. The summed E-state index contributed by atoms with van der Waals surface area (Å²) in [6, 6.07) is 3.28. The third kappa shape index (κ3) is 3.77. The molecule has 0 atom stereocenters. The Morgan fingerprint density at radius 3 is 2.88 bits per heavy atom. The van der Waals surface area contributed by atoms with Crippen molar-refractivity contribution in [2.24, 2.45) is 0 Å². The fourth-order valence-corrected chi connectivity index (χ4v) is 2.86. The zero-order valence-electron chi connectivity index (χ0n) is 15.0. The van der Waals surface area contributed by atoms with Crippen molar-refractivity contribution >= 4 is 5.91 Å². The maximum absolute atomic E-state index is 12.7. The summed E-state index contributed by atoms with van der Waals surface area (Å²) in [7, 11) is 0. The number of aromatic nitrogens is 2. The van der Waals surface area contributed by atoms with Gasteiger partial charge in [0.05, 0.1) is 5.69 Å². The lowest BCUT2D eigenvalue weighted by Crippen LogP contribution is -2.36. The Balaban J connectivity index is 1.77. The van der Waals surface area contributed by atoms with E-state index in [0.717, 1.165) is 23.4 Å². The highest BCUT2D eigenvalue weighted by Gasteiger charge is 2.28. The summed E-state index contributed by atoms with van der Waals surface area (Å²) >= 11 is 0. The number of nitrogens with zero attached hydrogens (tertiary/aromatic N) is 2. The number of carbonyl (C=O) groups is 1. The van der Waals surface area contributed by atoms with Crippen LogP contribution in [0.25, 0.3) is 0 Å². The van der Waals surface area contributed by atoms with E-state index < -0.39 is 5.60 Å². The molecule has 2 aromatic rings. The monoisotopic (exact) mass is 341 g/mol. The Kier molecular flexibility index (Phi) is 4.44. The Hall–Kier alpha value is -2.52. The Morgan fingerprint density at radius 2 is 2.20 bits per heavy atom. The molecular formula is C19H23N3O3. The summed E-state index contributed by atoms with van der Waals surface area (Å²) in [6.07, 6.45) is 0.757. The fraction of sp³-hybridized carbons (Fsp3) is 0.474. The summed E-state index contributed by atoms with van der Waals surface area (Å²) in [5, 5.41) is 17.1. The van der Waals surface area contributed by atoms with E-state index in [2.05, 4.69) is 35.9 Å². The van der Waals surface area contributed by atoms with Gasteiger partial charge in [-0.15, -0.1) is 0 Å². The van der Waals surface area contributed by atoms with Gasteiger partial charge in [-0.1, -0.05) is 19.8 Å². The SMILES string of the molecule is CC(C)c1n[nH]c2c1CN(C(=O)c1ccc(C#CC(C)(C)O)o1)CC2. The molecule has 1 amide bonds. The van der Waals surface area contributed by atoms with Crippen LogP contribution in [0.1, 0.15) is 66.9 Å². The normalized spacial score (nSPS) is 14.2. The topological polar surface area (TPSA) is 82.4 Å². The molecule has 0 unspecified atom stereocenters. The van der Waals surface area contributed by atoms with E-state index >= 15 is 0 Å². The van der Waals surface area contributed by atoms with Gasteiger partial charge in [0.1, 0.15) is 5.60 Å². The van der Waals surface area contributed by atoms with Gasteiger partial charge in [-0.05, 0) is 37.8 Å². The van der Waals surface area contributed by atoms with Crippen molar-refractivity contribution in [2.45, 2.75) is 52.2 Å². The molecule has 1 aliphatic heterocycles. The standard InChI is InChI=1S/C19H23N3O3/c1-12(2)17-14-11-22(10-8-15(14)20-21-17)18(23)16-6-5-13(25-16)7-9-19(3,4)24/h5-6,12,24H,8,10-11H2,1-4H3,(H,20,21). The number of aromatic amines is 1. The molecule has 0 saturated heterocycles. The second-order valence-electron chi connectivity index (χ2n) is 7.17. The second kappa shape index (κ2) is 6.41. The molecule has 3 heterocycles. The van der Waals surface area contributed by atoms with Crippen LogP contribution in [0.2, 0.25) is 0 Å². The molecule has 2 N–H and O–H groups in total. The van der Waals surface area contributed by atoms with E-state index in [0.29, 0.717) is 24.8 Å². The smallest absolute Gasteiger partial charge is 0.289 e. The van der Waals surface area contributed by atoms with Crippen molar-refractivity contribution in [3.8, 4) is 11.8 Å². The first kappa shape index (κ1) is 17.3. The number of furan rings is 1. The lowest BCUT2D eigenvalue weighted by molar-refractivity contribution is 0.0701. The van der Waals surface area contributed by atoms with Crippen LogP contribution in [0.4, 0.5) is 0 Å². The van der Waals surface area contributed by atoms with Gasteiger partial charge in [-0.3, -0.25) is 9.89 Å². The number of fused-ring (bicyclic) bond motifs is 1. The van der Waals surface area contributed by atoms with Gasteiger partial charge in [0.25, 0.3) is 5.91 Å². The Morgan fingerprint density at radius 1 is 1.44 bits per heavy atom. The van der Waals surface area contributed by atoms with Crippen LogP contribution in [0.15, 0.2) is 16.5 Å². The maximum Gasteiger partial charge on any atom is 0.289 e. The maximum atomic E-state index is 12.7. The van der Waals surface area contributed by atoms with E-state index in [4.69, 9.17) is 4.42 Å². The minimum Gasteiger partial charge on any atom is -0.443 e. The van der Waals surface area contributed by atoms with Crippen LogP contribution in [0, 0.1) is 11.8 Å². The summed E-state index contributed by atoms with van der Waals surface area (Å²) in [6.45, 7) is 8.53. The molecule has 6 nitrogen and oxygen atoms in total. The van der Waals surface area contributed by atoms with Crippen molar-refractivity contribution in [3.63, 3.8) is 0 Å². The minimum absolute atomic E-state index is 0.155. The molecule has 1 aliphatic rings. The number of amides is 1. The number of aliphatic hydroxyl groups is 1. The number of hydrogen-bond donors (Lipinski definition) is 2. The first-order chi connectivity index (χ1) is 11.7. The zero-order chi connectivity index (χ0) is 18.2. The zero-order valence-corrected chi connectivity index (χ0v) is 15.0. The van der Waals surface area contributed by atoms with E-state index in [1.54, 1.807) is 30.9 Å². The average molecular weight is 341 g/mol. The highest BCUT2D eigenvalue weighted by molar-refractivity contribution is 5.91. The number of carbonyl (C=O) groups excluding carboxylic acids is 1. The molecule has 2 aromatic heterocycles. The number of H-pyrrole nitrogens is 1. The van der Waals surface area contributed by atoms with Crippen molar-refractivity contribution in [1.82, 2.24) is 15.1 Å². The number of nitrogens with one attached hydrogen (secondary N) is 1. The lowest BCUT2D eigenvalue weighted by atomic mass is 9.99. The molecule has 0 radical (unpaired) electrons. The largest absolute Gasteiger partial charge is 0.443 e. The molecule has 0 aliphatic carbocycles. The van der Waals surface area contributed by atoms with Gasteiger partial charge in [0, 0.05) is 30.8 Å². The minimum atomic E-state index is -1.10. The lowest BCUT2D eigenvalue weighted by Gasteiger charge is -2.26.